The number of halogens is 3. The Morgan fingerprint density at radius 3 is 2.40 bits per heavy atom. The lowest BCUT2D eigenvalue weighted by molar-refractivity contribution is -0.218. The number of ether oxygens (including phenoxy) is 2. The van der Waals surface area contributed by atoms with Crippen LogP contribution >= 0.6 is 0 Å². The van der Waals surface area contributed by atoms with Crippen LogP contribution in [0.1, 0.15) is 41.0 Å². The summed E-state index contributed by atoms with van der Waals surface area (Å²) in [4.78, 5) is 16.1. The van der Waals surface area contributed by atoms with Crippen molar-refractivity contribution in [2.45, 2.75) is 53.3 Å². The molecule has 0 fully saturated rings. The number of amidine groups is 1. The average molecular weight is 498 g/mol. The summed E-state index contributed by atoms with van der Waals surface area (Å²) >= 11 is 0. The van der Waals surface area contributed by atoms with Gasteiger partial charge in [0, 0.05) is 18.7 Å². The van der Waals surface area contributed by atoms with Gasteiger partial charge < -0.3 is 20.1 Å². The van der Waals surface area contributed by atoms with Crippen LogP contribution in [0.2, 0.25) is 0 Å². The molecule has 6 nitrogen and oxygen atoms in total. The van der Waals surface area contributed by atoms with E-state index in [1.165, 1.54) is 21.0 Å². The molecule has 0 saturated heterocycles. The number of nitrogens with zero attached hydrogens (tertiary/aromatic N) is 1. The summed E-state index contributed by atoms with van der Waals surface area (Å²) in [7, 11) is 1.33. The molecule has 1 aliphatic rings. The van der Waals surface area contributed by atoms with Crippen LogP contribution in [0.5, 0.6) is 0 Å². The van der Waals surface area contributed by atoms with Crippen molar-refractivity contribution in [3.8, 4) is 0 Å². The number of hydrogen-bond acceptors (Lipinski definition) is 6. The van der Waals surface area contributed by atoms with Crippen LogP contribution in [-0.2, 0) is 14.3 Å². The summed E-state index contributed by atoms with van der Waals surface area (Å²) in [6.45, 7) is 15.9. The van der Waals surface area contributed by atoms with Crippen molar-refractivity contribution in [1.29, 1.82) is 0 Å². The van der Waals surface area contributed by atoms with Gasteiger partial charge in [0.05, 0.1) is 36.4 Å². The van der Waals surface area contributed by atoms with E-state index >= 15 is 0 Å². The van der Waals surface area contributed by atoms with Crippen LogP contribution in [0.15, 0.2) is 65.6 Å². The van der Waals surface area contributed by atoms with Crippen LogP contribution in [0.25, 0.3) is 0 Å². The molecule has 35 heavy (non-hydrogen) atoms. The first-order valence-corrected chi connectivity index (χ1v) is 11.4. The fourth-order valence-electron chi connectivity index (χ4n) is 3.09. The average Bonchev–Trinajstić information content (AvgIpc) is 3.26. The number of esters is 1. The molecule has 1 unspecified atom stereocenters. The summed E-state index contributed by atoms with van der Waals surface area (Å²) in [5, 5.41) is 6.20. The fourth-order valence-corrected chi connectivity index (χ4v) is 3.09. The highest BCUT2D eigenvalue weighted by molar-refractivity contribution is 5.84. The first-order chi connectivity index (χ1) is 16.2. The molecule has 1 aliphatic heterocycles. The van der Waals surface area contributed by atoms with Gasteiger partial charge in [0.25, 0.3) is 0 Å². The molecular formula is C26H38F3N3O3. The number of aliphatic imine (C=N–C) groups is 1. The van der Waals surface area contributed by atoms with Gasteiger partial charge in [0.15, 0.2) is 0 Å². The molecule has 1 heterocycles. The van der Waals surface area contributed by atoms with E-state index in [-0.39, 0.29) is 19.1 Å². The van der Waals surface area contributed by atoms with Crippen LogP contribution < -0.4 is 10.6 Å². The second kappa shape index (κ2) is 12.7. The molecule has 0 radical (unpaired) electrons. The van der Waals surface area contributed by atoms with Crippen LogP contribution in [-0.4, -0.2) is 50.8 Å². The molecule has 0 saturated carbocycles. The van der Waals surface area contributed by atoms with Crippen molar-refractivity contribution in [3.63, 3.8) is 0 Å². The Morgan fingerprint density at radius 2 is 1.86 bits per heavy atom. The predicted octanol–water partition coefficient (Wildman–Crippen LogP) is 5.23. The lowest BCUT2D eigenvalue weighted by Crippen LogP contribution is -2.50. The summed E-state index contributed by atoms with van der Waals surface area (Å²) in [6.07, 6.45) is 4.69. The Hall–Kier alpha value is -2.97. The normalized spacial score (nSPS) is 17.9. The molecule has 0 aromatic carbocycles. The number of carbonyl (C=O) groups excluding carboxylic acids is 1. The second-order valence-electron chi connectivity index (χ2n) is 9.48. The number of methoxy groups -OCH3 is 1. The molecule has 0 aliphatic carbocycles. The van der Waals surface area contributed by atoms with E-state index < -0.39 is 23.0 Å². The minimum absolute atomic E-state index is 0.0953. The SMILES string of the molecule is C=C/C=C(NCCC1=NCC(C(C)(C)C(F)(F)F)N1)/C(C)=C/C=C(\C=C)OCC(C)(C)C(=O)OC. The molecule has 1 rings (SSSR count). The van der Waals surface area contributed by atoms with Crippen LogP contribution in [0, 0.1) is 10.8 Å². The molecule has 0 bridgehead atoms. The molecule has 0 amide bonds. The van der Waals surface area contributed by atoms with Crippen molar-refractivity contribution in [2.75, 3.05) is 26.8 Å². The maximum atomic E-state index is 13.3. The number of carbonyl (C=O) groups is 1. The van der Waals surface area contributed by atoms with E-state index in [1.54, 1.807) is 38.2 Å². The lowest BCUT2D eigenvalue weighted by Gasteiger charge is -2.33. The molecule has 9 heteroatoms. The van der Waals surface area contributed by atoms with Crippen LogP contribution in [0.4, 0.5) is 13.2 Å². The van der Waals surface area contributed by atoms with E-state index in [1.807, 2.05) is 13.0 Å². The van der Waals surface area contributed by atoms with Crippen LogP contribution in [0.3, 0.4) is 0 Å². The van der Waals surface area contributed by atoms with Gasteiger partial charge in [-0.15, -0.1) is 0 Å². The maximum absolute atomic E-state index is 13.3. The van der Waals surface area contributed by atoms with Crippen molar-refractivity contribution in [2.24, 2.45) is 15.8 Å². The zero-order valence-corrected chi connectivity index (χ0v) is 21.5. The number of nitrogens with one attached hydrogen (secondary N) is 2. The number of allylic oxidation sites excluding steroid dienone is 6. The lowest BCUT2D eigenvalue weighted by atomic mass is 9.84. The van der Waals surface area contributed by atoms with E-state index in [9.17, 15) is 18.0 Å². The van der Waals surface area contributed by atoms with E-state index in [4.69, 9.17) is 9.47 Å². The van der Waals surface area contributed by atoms with Crippen molar-refractivity contribution in [1.82, 2.24) is 10.6 Å². The van der Waals surface area contributed by atoms with Gasteiger partial charge in [-0.2, -0.15) is 13.2 Å². The zero-order valence-electron chi connectivity index (χ0n) is 21.5. The fraction of sp³-hybridized carbons (Fsp3) is 0.538. The monoisotopic (exact) mass is 497 g/mol. The Bertz CT molecular complexity index is 897. The molecule has 196 valence electrons. The number of hydrogen-bond donors (Lipinski definition) is 2. The first-order valence-electron chi connectivity index (χ1n) is 11.4. The molecule has 0 spiro atoms. The van der Waals surface area contributed by atoms with Crippen molar-refractivity contribution >= 4 is 11.8 Å². The Labute approximate surface area is 206 Å². The Balaban J connectivity index is 2.73. The minimum Gasteiger partial charge on any atom is -0.492 e. The van der Waals surface area contributed by atoms with E-state index in [0.29, 0.717) is 24.6 Å². The quantitative estimate of drug-likeness (QED) is 0.207. The number of alkyl halides is 3. The molecule has 0 aromatic rings. The van der Waals surface area contributed by atoms with Gasteiger partial charge in [0.2, 0.25) is 0 Å². The molecule has 1 atom stereocenters. The topological polar surface area (TPSA) is 72.0 Å². The van der Waals surface area contributed by atoms with Crippen molar-refractivity contribution < 1.29 is 27.4 Å². The summed E-state index contributed by atoms with van der Waals surface area (Å²) in [6, 6.07) is -0.783. The standard InChI is InChI=1S/C26H38F3N3O3/c1-9-11-20(18(3)12-13-19(10-2)35-17-24(4,5)23(33)34-8)30-15-14-22-31-16-21(32-22)25(6,7)26(27,28)29/h9-13,21,30H,1-2,14-17H2,3-8H3,(H,31,32)/b18-12+,19-13+,20-11-. The zero-order chi connectivity index (χ0) is 26.9. The predicted molar refractivity (Wildman–Crippen MR) is 134 cm³/mol. The highest BCUT2D eigenvalue weighted by atomic mass is 19.4. The Morgan fingerprint density at radius 1 is 1.20 bits per heavy atom. The maximum Gasteiger partial charge on any atom is 0.396 e. The second-order valence-corrected chi connectivity index (χ2v) is 9.48. The van der Waals surface area contributed by atoms with E-state index in [0.717, 1.165) is 11.3 Å². The number of rotatable bonds is 13. The van der Waals surface area contributed by atoms with E-state index in [2.05, 4.69) is 28.8 Å². The van der Waals surface area contributed by atoms with Gasteiger partial charge in [-0.1, -0.05) is 25.3 Å². The summed E-state index contributed by atoms with van der Waals surface area (Å²) in [5.74, 6) is 0.666. The van der Waals surface area contributed by atoms with Gasteiger partial charge in [-0.25, -0.2) is 0 Å². The third-order valence-electron chi connectivity index (χ3n) is 5.83. The highest BCUT2D eigenvalue weighted by Gasteiger charge is 2.53. The van der Waals surface area contributed by atoms with Crippen molar-refractivity contribution in [3.05, 3.63) is 60.6 Å². The first kappa shape index (κ1) is 30.1. The molecule has 0 aromatic heterocycles. The molecular weight excluding hydrogens is 459 g/mol. The van der Waals surface area contributed by atoms with Gasteiger partial charge in [0.1, 0.15) is 12.4 Å². The highest BCUT2D eigenvalue weighted by Crippen LogP contribution is 2.41. The minimum atomic E-state index is -4.31. The van der Waals surface area contributed by atoms with Gasteiger partial charge in [-0.3, -0.25) is 9.79 Å². The largest absolute Gasteiger partial charge is 0.492 e. The van der Waals surface area contributed by atoms with Gasteiger partial charge >= 0.3 is 12.1 Å². The smallest absolute Gasteiger partial charge is 0.396 e. The Kier molecular flexibility index (Phi) is 10.9. The summed E-state index contributed by atoms with van der Waals surface area (Å²) in [5.41, 5.74) is -1.02. The molecule has 2 N–H and O–H groups in total. The third kappa shape index (κ3) is 8.64. The summed E-state index contributed by atoms with van der Waals surface area (Å²) < 4.78 is 50.4. The third-order valence-corrected chi connectivity index (χ3v) is 5.83. The van der Waals surface area contributed by atoms with Gasteiger partial charge in [-0.05, 0) is 58.4 Å².